The van der Waals surface area contributed by atoms with Crippen molar-refractivity contribution in [1.82, 2.24) is 4.90 Å². The molecule has 0 amide bonds. The maximum absolute atomic E-state index is 3.42. The van der Waals surface area contributed by atoms with E-state index in [9.17, 15) is 0 Å². The topological polar surface area (TPSA) is 3.24 Å². The fourth-order valence-corrected chi connectivity index (χ4v) is 1.32. The van der Waals surface area contributed by atoms with Crippen molar-refractivity contribution in [3.05, 3.63) is 23.8 Å². The van der Waals surface area contributed by atoms with Crippen molar-refractivity contribution in [2.75, 3.05) is 20.6 Å². The van der Waals surface area contributed by atoms with E-state index in [0.29, 0.717) is 0 Å². The molecule has 0 N–H and O–H groups in total. The van der Waals surface area contributed by atoms with Crippen LogP contribution in [0.5, 0.6) is 0 Å². The van der Waals surface area contributed by atoms with Gasteiger partial charge in [0.1, 0.15) is 0 Å². The molecule has 0 saturated carbocycles. The van der Waals surface area contributed by atoms with Crippen molar-refractivity contribution >= 4 is 24.8 Å². The van der Waals surface area contributed by atoms with Gasteiger partial charge in [0.2, 0.25) is 0 Å². The predicted molar refractivity (Wildman–Crippen MR) is 72.0 cm³/mol. The molecule has 4 heteroatoms. The zero-order valence-electron chi connectivity index (χ0n) is 10.5. The molecule has 0 aromatic rings. The van der Waals surface area contributed by atoms with Crippen LogP contribution < -0.4 is 0 Å². The second kappa shape index (κ2) is 9.73. The Kier molecular flexibility index (Phi) is 13.4. The normalized spacial score (nSPS) is 16.7. The first-order valence-corrected chi connectivity index (χ1v) is 4.94. The zero-order chi connectivity index (χ0) is 9.90. The molecule has 0 aromatic heterocycles. The average molecular weight is 299 g/mol. The summed E-state index contributed by atoms with van der Waals surface area (Å²) < 4.78 is 0. The average Bonchev–Trinajstić information content (AvgIpc) is 2.02. The van der Waals surface area contributed by atoms with Crippen LogP contribution in [0.1, 0.15) is 26.7 Å². The molecule has 0 bridgehead atoms. The Hall–Kier alpha value is 0.734. The summed E-state index contributed by atoms with van der Waals surface area (Å²) in [5, 5.41) is 0. The molecule has 94 valence electrons. The molecular formula is C12H22Cl2NTi-. The Morgan fingerprint density at radius 1 is 1.31 bits per heavy atom. The number of allylic oxidation sites excluding steroid dienone is 3. The second-order valence-corrected chi connectivity index (χ2v) is 4.71. The van der Waals surface area contributed by atoms with Crippen molar-refractivity contribution in [3.63, 3.8) is 0 Å². The second-order valence-electron chi connectivity index (χ2n) is 4.71. The first kappa shape index (κ1) is 22.0. The van der Waals surface area contributed by atoms with E-state index in [1.54, 1.807) is 0 Å². The Morgan fingerprint density at radius 2 is 1.88 bits per heavy atom. The fourth-order valence-electron chi connectivity index (χ4n) is 1.32. The minimum atomic E-state index is 0. The van der Waals surface area contributed by atoms with Crippen LogP contribution in [-0.4, -0.2) is 25.5 Å². The van der Waals surface area contributed by atoms with Gasteiger partial charge in [0, 0.05) is 21.7 Å². The first-order chi connectivity index (χ1) is 5.99. The maximum atomic E-state index is 3.42. The molecule has 0 heterocycles. The third-order valence-corrected chi connectivity index (χ3v) is 2.37. The van der Waals surface area contributed by atoms with E-state index in [1.807, 2.05) is 0 Å². The van der Waals surface area contributed by atoms with Crippen LogP contribution in [0.3, 0.4) is 0 Å². The van der Waals surface area contributed by atoms with Crippen molar-refractivity contribution in [2.24, 2.45) is 5.41 Å². The molecule has 0 aromatic carbocycles. The van der Waals surface area contributed by atoms with E-state index in [1.165, 1.54) is 5.57 Å². The van der Waals surface area contributed by atoms with E-state index in [-0.39, 0.29) is 51.9 Å². The van der Waals surface area contributed by atoms with Crippen LogP contribution in [0.4, 0.5) is 0 Å². The molecule has 0 fully saturated rings. The Balaban J connectivity index is -0.000000563. The fraction of sp³-hybridized carbons (Fsp3) is 0.667. The largest absolute Gasteiger partial charge is 0.311 e. The summed E-state index contributed by atoms with van der Waals surface area (Å²) in [5.41, 5.74) is 1.69. The van der Waals surface area contributed by atoms with E-state index in [0.717, 1.165) is 19.4 Å². The van der Waals surface area contributed by atoms with Gasteiger partial charge in [-0.3, -0.25) is 6.08 Å². The monoisotopic (exact) mass is 298 g/mol. The van der Waals surface area contributed by atoms with Gasteiger partial charge in [0.25, 0.3) is 0 Å². The third-order valence-electron chi connectivity index (χ3n) is 2.37. The van der Waals surface area contributed by atoms with Crippen LogP contribution in [0.25, 0.3) is 0 Å². The molecule has 0 unspecified atom stereocenters. The molecule has 0 spiro atoms. The molecule has 1 aliphatic rings. The van der Waals surface area contributed by atoms with Gasteiger partial charge in [0.15, 0.2) is 0 Å². The zero-order valence-corrected chi connectivity index (χ0v) is 13.7. The number of rotatable bonds is 3. The first-order valence-electron chi connectivity index (χ1n) is 4.94. The van der Waals surface area contributed by atoms with E-state index >= 15 is 0 Å². The van der Waals surface area contributed by atoms with Crippen LogP contribution in [0.2, 0.25) is 0 Å². The Morgan fingerprint density at radius 3 is 2.25 bits per heavy atom. The SMILES string of the molecule is CN(C)CCC1=CCC(C)(C)[C-]=C1.Cl.Cl.[Ti]. The standard InChI is InChI=1S/C12H20N.2ClH.Ti/c1-12(2)8-5-11(6-9-12)7-10-13(3)4;;;/h5-6H,7-8,10H2,1-4H3;2*1H;/q-1;;;. The van der Waals surface area contributed by atoms with Crippen LogP contribution in [0, 0.1) is 11.5 Å². The molecule has 0 saturated heterocycles. The van der Waals surface area contributed by atoms with Gasteiger partial charge in [-0.2, -0.15) is 11.6 Å². The van der Waals surface area contributed by atoms with E-state index in [2.05, 4.69) is 51.1 Å². The minimum absolute atomic E-state index is 0. The molecule has 0 atom stereocenters. The van der Waals surface area contributed by atoms with Gasteiger partial charge in [-0.1, -0.05) is 32.1 Å². The van der Waals surface area contributed by atoms with Gasteiger partial charge >= 0.3 is 0 Å². The van der Waals surface area contributed by atoms with Gasteiger partial charge < -0.3 is 4.90 Å². The molecule has 16 heavy (non-hydrogen) atoms. The Labute approximate surface area is 127 Å². The Bertz CT molecular complexity index is 235. The molecule has 1 aliphatic carbocycles. The number of hydrogen-bond donors (Lipinski definition) is 0. The predicted octanol–water partition coefficient (Wildman–Crippen LogP) is 3.49. The molecule has 1 nitrogen and oxygen atoms in total. The quantitative estimate of drug-likeness (QED) is 0.569. The van der Waals surface area contributed by atoms with Gasteiger partial charge in [-0.15, -0.1) is 24.8 Å². The smallest absolute Gasteiger partial charge is 0 e. The summed E-state index contributed by atoms with van der Waals surface area (Å²) in [6.45, 7) is 5.58. The van der Waals surface area contributed by atoms with E-state index in [4.69, 9.17) is 0 Å². The molecule has 1 rings (SSSR count). The summed E-state index contributed by atoms with van der Waals surface area (Å²) >= 11 is 0. The van der Waals surface area contributed by atoms with Crippen molar-refractivity contribution in [1.29, 1.82) is 0 Å². The summed E-state index contributed by atoms with van der Waals surface area (Å²) in [6, 6.07) is 0. The van der Waals surface area contributed by atoms with Crippen LogP contribution in [0.15, 0.2) is 17.7 Å². The number of halogens is 2. The van der Waals surface area contributed by atoms with Crippen molar-refractivity contribution in [2.45, 2.75) is 26.7 Å². The van der Waals surface area contributed by atoms with E-state index < -0.39 is 0 Å². The summed E-state index contributed by atoms with van der Waals surface area (Å²) in [6.07, 6.45) is 10.2. The number of hydrogen-bond acceptors (Lipinski definition) is 1. The molecule has 0 aliphatic heterocycles. The summed E-state index contributed by atoms with van der Waals surface area (Å²) in [4.78, 5) is 2.22. The summed E-state index contributed by atoms with van der Waals surface area (Å²) in [5.74, 6) is 0. The van der Waals surface area contributed by atoms with Crippen LogP contribution in [-0.2, 0) is 21.7 Å². The number of nitrogens with zero attached hydrogens (tertiary/aromatic N) is 1. The van der Waals surface area contributed by atoms with Crippen molar-refractivity contribution in [3.8, 4) is 0 Å². The van der Waals surface area contributed by atoms with Crippen LogP contribution >= 0.6 is 24.8 Å². The molecular weight excluding hydrogens is 277 g/mol. The minimum Gasteiger partial charge on any atom is -0.311 e. The summed E-state index contributed by atoms with van der Waals surface area (Å²) in [7, 11) is 4.22. The van der Waals surface area contributed by atoms with Crippen molar-refractivity contribution < 1.29 is 21.7 Å². The van der Waals surface area contributed by atoms with Gasteiger partial charge in [-0.25, -0.2) is 6.08 Å². The maximum Gasteiger partial charge on any atom is 0 e. The molecule has 0 radical (unpaired) electrons. The van der Waals surface area contributed by atoms with Gasteiger partial charge in [0.05, 0.1) is 0 Å². The van der Waals surface area contributed by atoms with Gasteiger partial charge in [-0.05, 0) is 20.6 Å². The third kappa shape index (κ3) is 8.84.